The Morgan fingerprint density at radius 3 is 3.00 bits per heavy atom. The molecule has 0 atom stereocenters. The summed E-state index contributed by atoms with van der Waals surface area (Å²) in [6.45, 7) is 0. The summed E-state index contributed by atoms with van der Waals surface area (Å²) < 4.78 is 1.73. The molecule has 1 aromatic carbocycles. The lowest BCUT2D eigenvalue weighted by Crippen LogP contribution is -1.93. The van der Waals surface area contributed by atoms with Crippen LogP contribution in [0.3, 0.4) is 0 Å². The third-order valence-corrected chi connectivity index (χ3v) is 3.36. The average molecular weight is 270 g/mol. The van der Waals surface area contributed by atoms with Crippen LogP contribution in [0, 0.1) is 0 Å². The van der Waals surface area contributed by atoms with E-state index in [-0.39, 0.29) is 0 Å². The summed E-state index contributed by atoms with van der Waals surface area (Å²) in [6.07, 6.45) is 3.52. The second-order valence-corrected chi connectivity index (χ2v) is 4.55. The minimum Gasteiger partial charge on any atom is -0.361 e. The molecule has 0 amide bonds. The van der Waals surface area contributed by atoms with Crippen LogP contribution in [-0.4, -0.2) is 24.6 Å². The van der Waals surface area contributed by atoms with Gasteiger partial charge in [0.05, 0.1) is 0 Å². The zero-order valence-electron chi connectivity index (χ0n) is 9.71. The van der Waals surface area contributed by atoms with E-state index in [4.69, 9.17) is 11.6 Å². The first-order chi connectivity index (χ1) is 9.33. The standard InChI is InChI=1S/C13H8ClN5/c14-13-16-6-4-11-17-18-12(19(11)13)9-2-1-8-3-5-15-10(8)7-9/h1-7,15H. The molecule has 0 radical (unpaired) electrons. The maximum atomic E-state index is 6.11. The van der Waals surface area contributed by atoms with Crippen molar-refractivity contribution in [3.05, 3.63) is 48.0 Å². The molecule has 4 aromatic rings. The molecule has 0 fully saturated rings. The number of nitrogens with zero attached hydrogens (tertiary/aromatic N) is 4. The van der Waals surface area contributed by atoms with Crippen molar-refractivity contribution >= 4 is 28.2 Å². The molecule has 0 saturated heterocycles. The van der Waals surface area contributed by atoms with E-state index in [0.29, 0.717) is 16.8 Å². The molecule has 0 aliphatic heterocycles. The smallest absolute Gasteiger partial charge is 0.210 e. The molecule has 3 aromatic heterocycles. The summed E-state index contributed by atoms with van der Waals surface area (Å²) in [5.41, 5.74) is 2.67. The predicted molar refractivity (Wildman–Crippen MR) is 73.1 cm³/mol. The topological polar surface area (TPSA) is 58.9 Å². The molecule has 1 N–H and O–H groups in total. The molecule has 0 aliphatic rings. The van der Waals surface area contributed by atoms with Crippen molar-refractivity contribution in [1.29, 1.82) is 0 Å². The highest BCUT2D eigenvalue weighted by Crippen LogP contribution is 2.24. The van der Waals surface area contributed by atoms with Gasteiger partial charge in [0.1, 0.15) is 0 Å². The van der Waals surface area contributed by atoms with Crippen LogP contribution in [0.2, 0.25) is 5.28 Å². The Balaban J connectivity index is 2.03. The molecule has 0 unspecified atom stereocenters. The molecule has 19 heavy (non-hydrogen) atoms. The van der Waals surface area contributed by atoms with Crippen molar-refractivity contribution in [3.8, 4) is 11.4 Å². The van der Waals surface area contributed by atoms with Crippen LogP contribution in [-0.2, 0) is 0 Å². The molecule has 3 heterocycles. The van der Waals surface area contributed by atoms with Crippen LogP contribution in [0.25, 0.3) is 27.9 Å². The van der Waals surface area contributed by atoms with E-state index in [2.05, 4.69) is 20.2 Å². The molecule has 6 heteroatoms. The van der Waals surface area contributed by atoms with E-state index in [1.54, 1.807) is 16.7 Å². The molecular formula is C13H8ClN5. The lowest BCUT2D eigenvalue weighted by Gasteiger charge is -2.01. The van der Waals surface area contributed by atoms with Crippen LogP contribution in [0.15, 0.2) is 42.7 Å². The number of H-pyrrole nitrogens is 1. The fourth-order valence-corrected chi connectivity index (χ4v) is 2.41. The zero-order valence-corrected chi connectivity index (χ0v) is 10.5. The number of hydrogen-bond acceptors (Lipinski definition) is 3. The van der Waals surface area contributed by atoms with Crippen LogP contribution in [0.4, 0.5) is 0 Å². The SMILES string of the molecule is Clc1nccc2nnc(-c3ccc4cc[nH]c4c3)n12. The Morgan fingerprint density at radius 2 is 2.05 bits per heavy atom. The highest BCUT2D eigenvalue weighted by Gasteiger charge is 2.11. The van der Waals surface area contributed by atoms with Gasteiger partial charge in [0.15, 0.2) is 11.5 Å². The first kappa shape index (κ1) is 10.5. The second kappa shape index (κ2) is 3.80. The highest BCUT2D eigenvalue weighted by molar-refractivity contribution is 6.28. The van der Waals surface area contributed by atoms with E-state index in [1.807, 2.05) is 30.5 Å². The molecule has 0 spiro atoms. The van der Waals surface area contributed by atoms with Gasteiger partial charge in [0.25, 0.3) is 0 Å². The summed E-state index contributed by atoms with van der Waals surface area (Å²) in [5, 5.41) is 9.80. The predicted octanol–water partition coefficient (Wildman–Crippen LogP) is 2.93. The maximum Gasteiger partial charge on any atom is 0.210 e. The van der Waals surface area contributed by atoms with E-state index in [9.17, 15) is 0 Å². The first-order valence-corrected chi connectivity index (χ1v) is 6.14. The van der Waals surface area contributed by atoms with Gasteiger partial charge in [0, 0.05) is 29.5 Å². The zero-order chi connectivity index (χ0) is 12.8. The molecular weight excluding hydrogens is 262 g/mol. The molecule has 5 nitrogen and oxygen atoms in total. The largest absolute Gasteiger partial charge is 0.361 e. The quantitative estimate of drug-likeness (QED) is 0.541. The Labute approximate surface area is 112 Å². The van der Waals surface area contributed by atoms with Gasteiger partial charge >= 0.3 is 0 Å². The molecule has 0 saturated carbocycles. The summed E-state index contributed by atoms with van der Waals surface area (Å²) in [7, 11) is 0. The number of benzene rings is 1. The Bertz CT molecular complexity index is 892. The number of hydrogen-bond donors (Lipinski definition) is 1. The van der Waals surface area contributed by atoms with Crippen LogP contribution in [0.1, 0.15) is 0 Å². The van der Waals surface area contributed by atoms with Crippen molar-refractivity contribution < 1.29 is 0 Å². The third kappa shape index (κ3) is 1.52. The van der Waals surface area contributed by atoms with Gasteiger partial charge < -0.3 is 4.98 Å². The monoisotopic (exact) mass is 269 g/mol. The first-order valence-electron chi connectivity index (χ1n) is 5.76. The number of aromatic nitrogens is 5. The Hall–Kier alpha value is -2.40. The third-order valence-electron chi connectivity index (χ3n) is 3.09. The van der Waals surface area contributed by atoms with E-state index >= 15 is 0 Å². The van der Waals surface area contributed by atoms with E-state index in [0.717, 1.165) is 16.5 Å². The highest BCUT2D eigenvalue weighted by atomic mass is 35.5. The lowest BCUT2D eigenvalue weighted by molar-refractivity contribution is 1.08. The van der Waals surface area contributed by atoms with Crippen molar-refractivity contribution in [2.24, 2.45) is 0 Å². The van der Waals surface area contributed by atoms with E-state index < -0.39 is 0 Å². The van der Waals surface area contributed by atoms with Gasteiger partial charge in [-0.2, -0.15) is 0 Å². The Kier molecular flexibility index (Phi) is 2.10. The van der Waals surface area contributed by atoms with Crippen LogP contribution < -0.4 is 0 Å². The fourth-order valence-electron chi connectivity index (χ4n) is 2.18. The van der Waals surface area contributed by atoms with Gasteiger partial charge in [0.2, 0.25) is 5.28 Å². The molecule has 92 valence electrons. The number of halogens is 1. The van der Waals surface area contributed by atoms with Crippen molar-refractivity contribution in [3.63, 3.8) is 0 Å². The van der Waals surface area contributed by atoms with Gasteiger partial charge in [-0.1, -0.05) is 12.1 Å². The second-order valence-electron chi connectivity index (χ2n) is 4.21. The van der Waals surface area contributed by atoms with Crippen LogP contribution in [0.5, 0.6) is 0 Å². The molecule has 0 aliphatic carbocycles. The van der Waals surface area contributed by atoms with Crippen molar-refractivity contribution in [2.45, 2.75) is 0 Å². The average Bonchev–Trinajstić information content (AvgIpc) is 3.04. The summed E-state index contributed by atoms with van der Waals surface area (Å²) >= 11 is 6.11. The molecule has 4 rings (SSSR count). The summed E-state index contributed by atoms with van der Waals surface area (Å²) in [6, 6.07) is 9.85. The summed E-state index contributed by atoms with van der Waals surface area (Å²) in [4.78, 5) is 7.24. The van der Waals surface area contributed by atoms with E-state index in [1.165, 1.54) is 0 Å². The summed E-state index contributed by atoms with van der Waals surface area (Å²) in [5.74, 6) is 0.685. The number of nitrogens with one attached hydrogen (secondary N) is 1. The van der Waals surface area contributed by atoms with Gasteiger partial charge in [-0.15, -0.1) is 10.2 Å². The fraction of sp³-hybridized carbons (Fsp3) is 0. The normalized spacial score (nSPS) is 11.4. The molecule has 0 bridgehead atoms. The number of aromatic amines is 1. The minimum absolute atomic E-state index is 0.351. The lowest BCUT2D eigenvalue weighted by atomic mass is 10.1. The number of rotatable bonds is 1. The minimum atomic E-state index is 0.351. The van der Waals surface area contributed by atoms with Crippen molar-refractivity contribution in [1.82, 2.24) is 24.6 Å². The van der Waals surface area contributed by atoms with Crippen LogP contribution >= 0.6 is 11.6 Å². The van der Waals surface area contributed by atoms with Gasteiger partial charge in [-0.05, 0) is 29.1 Å². The number of fused-ring (bicyclic) bond motifs is 2. The Morgan fingerprint density at radius 1 is 1.11 bits per heavy atom. The van der Waals surface area contributed by atoms with Gasteiger partial charge in [-0.3, -0.25) is 0 Å². The van der Waals surface area contributed by atoms with Gasteiger partial charge in [-0.25, -0.2) is 9.38 Å². The van der Waals surface area contributed by atoms with Crippen molar-refractivity contribution in [2.75, 3.05) is 0 Å². The maximum absolute atomic E-state index is 6.11.